The predicted octanol–water partition coefficient (Wildman–Crippen LogP) is 1.16. The van der Waals surface area contributed by atoms with Crippen molar-refractivity contribution in [2.24, 2.45) is 5.92 Å². The first-order valence-corrected chi connectivity index (χ1v) is 6.55. The molecular formula is C13H21N3O2. The van der Waals surface area contributed by atoms with E-state index in [1.54, 1.807) is 6.20 Å². The molecule has 0 N–H and O–H groups in total. The number of carbonyl (C=O) groups is 1. The molecule has 2 heterocycles. The molecule has 0 spiro atoms. The molecule has 1 aliphatic rings. The number of piperidine rings is 1. The van der Waals surface area contributed by atoms with Crippen molar-refractivity contribution in [2.45, 2.75) is 25.8 Å². The maximum Gasteiger partial charge on any atom is 0.309 e. The van der Waals surface area contributed by atoms with E-state index in [1.165, 1.54) is 7.11 Å². The van der Waals surface area contributed by atoms with Crippen LogP contribution in [0.5, 0.6) is 0 Å². The van der Waals surface area contributed by atoms with Crippen molar-refractivity contribution in [2.75, 3.05) is 26.7 Å². The fourth-order valence-electron chi connectivity index (χ4n) is 2.51. The lowest BCUT2D eigenvalue weighted by atomic mass is 9.98. The first-order valence-electron chi connectivity index (χ1n) is 6.55. The van der Waals surface area contributed by atoms with E-state index >= 15 is 0 Å². The molecule has 1 fully saturated rings. The van der Waals surface area contributed by atoms with Gasteiger partial charge >= 0.3 is 5.97 Å². The van der Waals surface area contributed by atoms with Gasteiger partial charge in [-0.05, 0) is 32.4 Å². The van der Waals surface area contributed by atoms with E-state index in [4.69, 9.17) is 4.74 Å². The van der Waals surface area contributed by atoms with Crippen LogP contribution in [0.15, 0.2) is 18.7 Å². The summed E-state index contributed by atoms with van der Waals surface area (Å²) in [7, 11) is 1.47. The lowest BCUT2D eigenvalue weighted by Crippen LogP contribution is -2.39. The zero-order valence-corrected chi connectivity index (χ0v) is 10.9. The Kier molecular flexibility index (Phi) is 4.75. The van der Waals surface area contributed by atoms with Gasteiger partial charge in [-0.2, -0.15) is 0 Å². The number of hydrogen-bond acceptors (Lipinski definition) is 4. The lowest BCUT2D eigenvalue weighted by molar-refractivity contribution is -0.147. The Balaban J connectivity index is 1.71. The van der Waals surface area contributed by atoms with Gasteiger partial charge in [0.25, 0.3) is 0 Å². The highest BCUT2D eigenvalue weighted by atomic mass is 16.5. The Morgan fingerprint density at radius 3 is 3.11 bits per heavy atom. The molecule has 0 bridgehead atoms. The van der Waals surface area contributed by atoms with E-state index in [2.05, 4.69) is 14.5 Å². The summed E-state index contributed by atoms with van der Waals surface area (Å²) in [5.41, 5.74) is 0. The largest absolute Gasteiger partial charge is 0.469 e. The van der Waals surface area contributed by atoms with Crippen LogP contribution in [0.3, 0.4) is 0 Å². The zero-order valence-electron chi connectivity index (χ0n) is 10.9. The second-order valence-electron chi connectivity index (χ2n) is 4.82. The van der Waals surface area contributed by atoms with Gasteiger partial charge < -0.3 is 14.2 Å². The summed E-state index contributed by atoms with van der Waals surface area (Å²) in [6, 6.07) is 0. The van der Waals surface area contributed by atoms with Crippen molar-refractivity contribution < 1.29 is 9.53 Å². The average molecular weight is 251 g/mol. The molecule has 18 heavy (non-hydrogen) atoms. The van der Waals surface area contributed by atoms with Crippen molar-refractivity contribution in [3.05, 3.63) is 18.7 Å². The number of methoxy groups -OCH3 is 1. The number of esters is 1. The molecule has 0 saturated carbocycles. The Hall–Kier alpha value is -1.36. The minimum Gasteiger partial charge on any atom is -0.469 e. The van der Waals surface area contributed by atoms with E-state index in [1.807, 2.05) is 12.5 Å². The molecule has 0 amide bonds. The number of aromatic nitrogens is 2. The van der Waals surface area contributed by atoms with Crippen molar-refractivity contribution in [3.8, 4) is 0 Å². The topological polar surface area (TPSA) is 47.4 Å². The van der Waals surface area contributed by atoms with E-state index in [0.29, 0.717) is 0 Å². The van der Waals surface area contributed by atoms with Crippen molar-refractivity contribution in [1.82, 2.24) is 14.5 Å². The number of aryl methyl sites for hydroxylation is 1. The Morgan fingerprint density at radius 1 is 1.50 bits per heavy atom. The van der Waals surface area contributed by atoms with Gasteiger partial charge in [0, 0.05) is 25.5 Å². The quantitative estimate of drug-likeness (QED) is 0.737. The van der Waals surface area contributed by atoms with Crippen molar-refractivity contribution in [3.63, 3.8) is 0 Å². The van der Waals surface area contributed by atoms with Gasteiger partial charge in [0.15, 0.2) is 0 Å². The standard InChI is InChI=1S/C13H21N3O2/c1-18-13(17)12-4-2-6-15(10-12)7-3-8-16-9-5-14-11-16/h5,9,11-12H,2-4,6-8,10H2,1H3/t12-/m0/s1. The number of imidazole rings is 1. The van der Waals surface area contributed by atoms with Gasteiger partial charge in [0.2, 0.25) is 0 Å². The van der Waals surface area contributed by atoms with E-state index in [-0.39, 0.29) is 11.9 Å². The third-order valence-corrected chi connectivity index (χ3v) is 3.49. The Morgan fingerprint density at radius 2 is 2.39 bits per heavy atom. The average Bonchev–Trinajstić information content (AvgIpc) is 2.91. The fraction of sp³-hybridized carbons (Fsp3) is 0.692. The normalized spacial score (nSPS) is 20.8. The number of carbonyl (C=O) groups excluding carboxylic acids is 1. The summed E-state index contributed by atoms with van der Waals surface area (Å²) in [5, 5.41) is 0. The molecule has 100 valence electrons. The van der Waals surface area contributed by atoms with Crippen LogP contribution < -0.4 is 0 Å². The van der Waals surface area contributed by atoms with Crippen LogP contribution in [0, 0.1) is 5.92 Å². The Labute approximate surface area is 108 Å². The summed E-state index contributed by atoms with van der Waals surface area (Å²) >= 11 is 0. The van der Waals surface area contributed by atoms with Crippen LogP contribution in [-0.2, 0) is 16.1 Å². The summed E-state index contributed by atoms with van der Waals surface area (Å²) in [6.07, 6.45) is 8.76. The molecule has 5 heteroatoms. The second-order valence-corrected chi connectivity index (χ2v) is 4.82. The van der Waals surface area contributed by atoms with Crippen molar-refractivity contribution >= 4 is 5.97 Å². The SMILES string of the molecule is COC(=O)[C@H]1CCCN(CCCn2ccnc2)C1. The van der Waals surface area contributed by atoms with Crippen LogP contribution in [0.25, 0.3) is 0 Å². The number of rotatable bonds is 5. The summed E-state index contributed by atoms with van der Waals surface area (Å²) in [5.74, 6) is 0.00584. The lowest BCUT2D eigenvalue weighted by Gasteiger charge is -2.31. The molecule has 1 aliphatic heterocycles. The molecule has 1 atom stereocenters. The molecule has 0 radical (unpaired) electrons. The van der Waals surface area contributed by atoms with Crippen LogP contribution >= 0.6 is 0 Å². The highest BCUT2D eigenvalue weighted by molar-refractivity contribution is 5.72. The van der Waals surface area contributed by atoms with Crippen LogP contribution in [0.4, 0.5) is 0 Å². The highest BCUT2D eigenvalue weighted by Crippen LogP contribution is 2.17. The van der Waals surface area contributed by atoms with Crippen LogP contribution in [-0.4, -0.2) is 47.2 Å². The molecule has 0 aromatic carbocycles. The molecule has 1 aromatic rings. The number of hydrogen-bond donors (Lipinski definition) is 0. The highest BCUT2D eigenvalue weighted by Gasteiger charge is 2.25. The zero-order chi connectivity index (χ0) is 12.8. The van der Waals surface area contributed by atoms with Gasteiger partial charge in [0.1, 0.15) is 0 Å². The maximum atomic E-state index is 11.5. The van der Waals surface area contributed by atoms with E-state index in [0.717, 1.165) is 45.4 Å². The third kappa shape index (κ3) is 3.57. The monoisotopic (exact) mass is 251 g/mol. The first kappa shape index (κ1) is 13.1. The number of ether oxygens (including phenoxy) is 1. The number of likely N-dealkylation sites (tertiary alicyclic amines) is 1. The minimum absolute atomic E-state index is 0.0608. The molecular weight excluding hydrogens is 230 g/mol. The summed E-state index contributed by atoms with van der Waals surface area (Å²) < 4.78 is 6.91. The summed E-state index contributed by atoms with van der Waals surface area (Å²) in [4.78, 5) is 17.9. The third-order valence-electron chi connectivity index (χ3n) is 3.49. The fourth-order valence-corrected chi connectivity index (χ4v) is 2.51. The van der Waals surface area contributed by atoms with Gasteiger partial charge in [0.05, 0.1) is 19.4 Å². The van der Waals surface area contributed by atoms with Crippen LogP contribution in [0.2, 0.25) is 0 Å². The van der Waals surface area contributed by atoms with Crippen LogP contribution in [0.1, 0.15) is 19.3 Å². The molecule has 2 rings (SSSR count). The molecule has 5 nitrogen and oxygen atoms in total. The van der Waals surface area contributed by atoms with Gasteiger partial charge in [-0.15, -0.1) is 0 Å². The van der Waals surface area contributed by atoms with E-state index < -0.39 is 0 Å². The molecule has 0 unspecified atom stereocenters. The van der Waals surface area contributed by atoms with E-state index in [9.17, 15) is 4.79 Å². The Bertz CT molecular complexity index is 364. The molecule has 1 saturated heterocycles. The van der Waals surface area contributed by atoms with Gasteiger partial charge in [-0.1, -0.05) is 0 Å². The molecule has 1 aromatic heterocycles. The second kappa shape index (κ2) is 6.54. The first-order chi connectivity index (χ1) is 8.79. The minimum atomic E-state index is -0.0608. The van der Waals surface area contributed by atoms with Gasteiger partial charge in [-0.25, -0.2) is 4.98 Å². The maximum absolute atomic E-state index is 11.5. The summed E-state index contributed by atoms with van der Waals surface area (Å²) in [6.45, 7) is 3.96. The predicted molar refractivity (Wildman–Crippen MR) is 68.0 cm³/mol. The smallest absolute Gasteiger partial charge is 0.309 e. The van der Waals surface area contributed by atoms with Crippen molar-refractivity contribution in [1.29, 1.82) is 0 Å². The molecule has 0 aliphatic carbocycles. The number of nitrogens with zero attached hydrogens (tertiary/aromatic N) is 3. The van der Waals surface area contributed by atoms with Gasteiger partial charge in [-0.3, -0.25) is 4.79 Å².